The monoisotopic (exact) mass is 1760 g/mol. The zero-order valence-electron chi connectivity index (χ0n) is 72.7. The number of nitriles is 6. The smallest absolute Gasteiger partial charge is 0.194 e. The lowest BCUT2D eigenvalue weighted by Crippen LogP contribution is -2.04. The van der Waals surface area contributed by atoms with Gasteiger partial charge in [-0.2, -0.15) is 31.6 Å². The van der Waals surface area contributed by atoms with Gasteiger partial charge in [-0.3, -0.25) is 0 Å². The number of rotatable bonds is 15. The molecule has 17 aromatic carbocycles. The Labute approximate surface area is 792 Å². The molecule has 0 fully saturated rings. The van der Waals surface area contributed by atoms with E-state index in [-0.39, 0.29) is 33.9 Å². The first-order valence-electron chi connectivity index (χ1n) is 43.3. The van der Waals surface area contributed by atoms with Gasteiger partial charge in [-0.25, -0.2) is 54.1 Å². The summed E-state index contributed by atoms with van der Waals surface area (Å²) in [6.45, 7) is 40.5. The molecule has 0 spiro atoms. The molecule has 0 atom stereocenters. The van der Waals surface area contributed by atoms with Crippen LogP contribution in [0.4, 0.5) is 28.4 Å². The highest BCUT2D eigenvalue weighted by atomic mass is 15.1. The van der Waals surface area contributed by atoms with Crippen LogP contribution >= 0.6 is 0 Å². The first-order chi connectivity index (χ1) is 67.8. The van der Waals surface area contributed by atoms with Gasteiger partial charge in [0.25, 0.3) is 0 Å². The molecule has 4 heterocycles. The number of nitrogens with zero attached hydrogens (tertiary/aromatic N) is 19. The Morgan fingerprint density at radius 2 is 0.471 bits per heavy atom. The average Bonchev–Trinajstić information content (AvgIpc) is 1.56. The van der Waals surface area contributed by atoms with Crippen LogP contribution in [0.5, 0.6) is 0 Å². The van der Waals surface area contributed by atoms with Crippen molar-refractivity contribution < 1.29 is 0 Å². The van der Waals surface area contributed by atoms with E-state index in [0.29, 0.717) is 130 Å². The molecule has 19 nitrogen and oxygen atoms in total. The minimum Gasteiger partial charge on any atom is -0.308 e. The van der Waals surface area contributed by atoms with Gasteiger partial charge in [0.1, 0.15) is 0 Å². The van der Waals surface area contributed by atoms with E-state index in [1.54, 1.807) is 91.0 Å². The second kappa shape index (κ2) is 36.7. The molecule has 0 saturated heterocycles. The molecule has 0 bridgehead atoms. The Morgan fingerprint density at radius 1 is 0.196 bits per heavy atom. The van der Waals surface area contributed by atoms with E-state index < -0.39 is 0 Å². The van der Waals surface area contributed by atoms with Gasteiger partial charge in [0.2, 0.25) is 0 Å². The Balaban J connectivity index is 0.000000171. The molecule has 0 unspecified atom stereocenters. The fraction of sp³-hybridized carbons (Fsp3) is 0. The summed E-state index contributed by atoms with van der Waals surface area (Å²) < 4.78 is 4.29. The highest BCUT2D eigenvalue weighted by molar-refractivity contribution is 6.15. The molecule has 138 heavy (non-hydrogen) atoms. The van der Waals surface area contributed by atoms with Gasteiger partial charge in [0, 0.05) is 77.2 Å². The molecule has 0 amide bonds. The van der Waals surface area contributed by atoms with Crippen molar-refractivity contribution >= 4 is 72.0 Å². The lowest BCUT2D eigenvalue weighted by molar-refractivity contribution is 1.07. The lowest BCUT2D eigenvalue weighted by atomic mass is 9.90. The Kier molecular flexibility index (Phi) is 22.6. The largest absolute Gasteiger partial charge is 0.308 e. The number of aromatic nitrogens is 8. The van der Waals surface area contributed by atoms with Gasteiger partial charge in [0.05, 0.1) is 136 Å². The number of para-hydroxylation sites is 2. The van der Waals surface area contributed by atoms with E-state index in [1.165, 1.54) is 0 Å². The first kappa shape index (κ1) is 84.9. The molecule has 0 aliphatic rings. The van der Waals surface area contributed by atoms with Crippen molar-refractivity contribution in [3.8, 4) is 194 Å². The molecule has 21 rings (SSSR count). The lowest BCUT2D eigenvalue weighted by Gasteiger charge is -2.22. The number of benzene rings is 17. The molecular formula is C119H61N19. The fourth-order valence-corrected chi connectivity index (χ4v) is 17.8. The maximum Gasteiger partial charge on any atom is 0.194 e. The summed E-state index contributed by atoms with van der Waals surface area (Å²) in [6.07, 6.45) is 0. The van der Waals surface area contributed by atoms with Gasteiger partial charge >= 0.3 is 0 Å². The number of hydrogen-bond acceptors (Lipinski definition) is 12. The van der Waals surface area contributed by atoms with Crippen LogP contribution in [0.3, 0.4) is 0 Å². The minimum absolute atomic E-state index is 0.253. The molecule has 0 N–H and O–H groups in total. The summed E-state index contributed by atoms with van der Waals surface area (Å²) >= 11 is 0. The van der Waals surface area contributed by atoms with Crippen LogP contribution in [0.25, 0.3) is 225 Å². The Bertz CT molecular complexity index is 8620. The first-order valence-corrected chi connectivity index (χ1v) is 43.3. The summed E-state index contributed by atoms with van der Waals surface area (Å²) in [5.41, 5.74) is 22.1. The number of fused-ring (bicyclic) bond motifs is 6. The van der Waals surface area contributed by atoms with Gasteiger partial charge in [-0.1, -0.05) is 255 Å². The standard InChI is InChI=1S/C63H32N10.C56H29N9/c1-67-49-29-47(30-50(35-49)68-2)54-34-48(63-71-61(41-14-6-4-7-15-41)70-62(72-63)42-16-8-5-9-17-42)33-53(46-27-39(36-64)26-40(28-46)37-65)60(54)73-58-24-22-43(51-19-11-10-18-45(51)38-66)31-55(58)56-32-44(23-25-59(56)73)52-20-12-13-21-57(52)69-3;1-60-44-26-42(27-45(31-44)61-2)49-30-43(56-63-54(37-13-5-3-6-14-37)62-55(64-56)38-15-7-4-8-16-38)29-48(41-24-35(32-57)23-36(25-41)33-58)53(49)65-51-20-12-11-19-47(51)50-28-39(21-22-52(50)65)46-18-10-9-17-40(46)34-59/h4-35H;3-31H. The third-order valence-electron chi connectivity index (χ3n) is 24.0. The second-order valence-electron chi connectivity index (χ2n) is 32.2. The van der Waals surface area contributed by atoms with Crippen LogP contribution in [-0.4, -0.2) is 39.0 Å². The van der Waals surface area contributed by atoms with Crippen molar-refractivity contribution in [3.63, 3.8) is 0 Å². The van der Waals surface area contributed by atoms with Crippen LogP contribution < -0.4 is 0 Å². The minimum atomic E-state index is 0.253. The van der Waals surface area contributed by atoms with E-state index in [4.69, 9.17) is 62.8 Å². The van der Waals surface area contributed by atoms with Crippen LogP contribution in [0, 0.1) is 101 Å². The topological polar surface area (TPSA) is 252 Å². The van der Waals surface area contributed by atoms with E-state index in [1.807, 2.05) is 255 Å². The zero-order valence-corrected chi connectivity index (χ0v) is 72.7. The van der Waals surface area contributed by atoms with E-state index >= 15 is 0 Å². The van der Waals surface area contributed by atoms with Crippen molar-refractivity contribution in [1.29, 1.82) is 31.6 Å². The van der Waals surface area contributed by atoms with E-state index in [9.17, 15) is 31.6 Å². The maximum atomic E-state index is 10.5. The third kappa shape index (κ3) is 16.1. The zero-order chi connectivity index (χ0) is 94.4. The van der Waals surface area contributed by atoms with Gasteiger partial charge in [-0.15, -0.1) is 0 Å². The molecule has 19 heteroatoms. The van der Waals surface area contributed by atoms with Crippen LogP contribution in [0.2, 0.25) is 0 Å². The fourth-order valence-electron chi connectivity index (χ4n) is 17.8. The van der Waals surface area contributed by atoms with Crippen molar-refractivity contribution in [2.24, 2.45) is 0 Å². The van der Waals surface area contributed by atoms with E-state index in [2.05, 4.69) is 94.0 Å². The predicted octanol–water partition coefficient (Wildman–Crippen LogP) is 29.6. The quantitative estimate of drug-likeness (QED) is 0.0869. The van der Waals surface area contributed by atoms with Crippen LogP contribution in [-0.2, 0) is 0 Å². The molecule has 0 aliphatic carbocycles. The molecule has 0 radical (unpaired) electrons. The van der Waals surface area contributed by atoms with Crippen molar-refractivity contribution in [2.75, 3.05) is 0 Å². The Hall–Kier alpha value is -21.2. The predicted molar refractivity (Wildman–Crippen MR) is 539 cm³/mol. The summed E-state index contributed by atoms with van der Waals surface area (Å²) in [5, 5.41) is 65.4. The molecule has 0 saturated carbocycles. The summed E-state index contributed by atoms with van der Waals surface area (Å²) in [5.74, 6) is 2.48. The van der Waals surface area contributed by atoms with Gasteiger partial charge in [0.15, 0.2) is 63.4 Å². The van der Waals surface area contributed by atoms with Gasteiger partial charge < -0.3 is 9.13 Å². The van der Waals surface area contributed by atoms with Crippen molar-refractivity contribution in [2.45, 2.75) is 0 Å². The number of hydrogen-bond donors (Lipinski definition) is 0. The van der Waals surface area contributed by atoms with Crippen molar-refractivity contribution in [3.05, 3.63) is 461 Å². The maximum absolute atomic E-state index is 10.5. The molecular weight excluding hydrogens is 1700 g/mol. The average molecular weight is 1760 g/mol. The molecule has 4 aromatic heterocycles. The van der Waals surface area contributed by atoms with Crippen LogP contribution in [0.15, 0.2) is 370 Å². The second-order valence-corrected chi connectivity index (χ2v) is 32.2. The highest BCUT2D eigenvalue weighted by Gasteiger charge is 2.29. The SMILES string of the molecule is [C-]#[N+]c1cc([N+]#[C-])cc(-c2cc(-c3nc(-c4ccccc4)nc(-c4ccccc4)n3)cc(-c3cc(C#N)cc(C#N)c3)c2-n2c3ccc(-c4ccccc4C#N)cc3c3cc(-c4ccccc4[N+]#[C-])ccc32)c1.[C-]#[N+]c1cc([N+]#[C-])cc(-c2cc(-c3nc(-c4ccccc4)nc(-c4ccccc4)n3)cc(-c3cc(C#N)cc(C#N)c3)c2-n2c3ccccc3c3cc(-c4ccccc4C#N)ccc32)c1. The summed E-state index contributed by atoms with van der Waals surface area (Å²) in [7, 11) is 0. The highest BCUT2D eigenvalue weighted by Crippen LogP contribution is 2.51. The molecule has 21 aromatic rings. The van der Waals surface area contributed by atoms with Gasteiger partial charge in [-0.05, 0) is 171 Å². The summed E-state index contributed by atoms with van der Waals surface area (Å²) in [4.78, 5) is 49.4. The normalized spacial score (nSPS) is 10.7. The molecule has 0 aliphatic heterocycles. The summed E-state index contributed by atoms with van der Waals surface area (Å²) in [6, 6.07) is 129. The third-order valence-corrected chi connectivity index (χ3v) is 24.0. The van der Waals surface area contributed by atoms with Crippen molar-refractivity contribution in [1.82, 2.24) is 39.0 Å². The van der Waals surface area contributed by atoms with Crippen LogP contribution in [0.1, 0.15) is 33.4 Å². The molecule has 632 valence electrons. The Morgan fingerprint density at radius 3 is 0.797 bits per heavy atom. The van der Waals surface area contributed by atoms with E-state index in [0.717, 1.165) is 99.2 Å².